The van der Waals surface area contributed by atoms with Gasteiger partial charge in [0.1, 0.15) is 0 Å². The number of nitrogens with one attached hydrogen (secondary N) is 1. The number of nitrogens with zero attached hydrogens (tertiary/aromatic N) is 1. The molecule has 0 amide bonds. The second-order valence-corrected chi connectivity index (χ2v) is 9.04. The average Bonchev–Trinajstić information content (AvgIpc) is 2.85. The van der Waals surface area contributed by atoms with E-state index < -0.39 is 20.0 Å². The molecule has 1 aromatic rings. The van der Waals surface area contributed by atoms with Gasteiger partial charge in [-0.05, 0) is 37.5 Å². The topological polar surface area (TPSA) is 83.6 Å². The Morgan fingerprint density at radius 3 is 2.62 bits per heavy atom. The summed E-state index contributed by atoms with van der Waals surface area (Å²) in [4.78, 5) is 0.200. The third-order valence-electron chi connectivity index (χ3n) is 3.56. The Morgan fingerprint density at radius 2 is 2.00 bits per heavy atom. The molecule has 1 aromatic carbocycles. The van der Waals surface area contributed by atoms with E-state index in [1.165, 1.54) is 10.4 Å². The van der Waals surface area contributed by atoms with Gasteiger partial charge in [-0.1, -0.05) is 12.1 Å². The highest BCUT2D eigenvalue weighted by molar-refractivity contribution is 7.89. The predicted molar refractivity (Wildman–Crippen MR) is 80.9 cm³/mol. The molecule has 0 aromatic heterocycles. The second-order valence-electron chi connectivity index (χ2n) is 5.34. The van der Waals surface area contributed by atoms with E-state index in [0.717, 1.165) is 18.2 Å². The van der Waals surface area contributed by atoms with Crippen molar-refractivity contribution in [3.05, 3.63) is 29.8 Å². The van der Waals surface area contributed by atoms with Gasteiger partial charge in [0, 0.05) is 19.1 Å². The van der Waals surface area contributed by atoms with Crippen molar-refractivity contribution < 1.29 is 16.8 Å². The molecule has 1 N–H and O–H groups in total. The van der Waals surface area contributed by atoms with E-state index >= 15 is 0 Å². The van der Waals surface area contributed by atoms with Crippen molar-refractivity contribution in [2.45, 2.75) is 30.7 Å². The number of rotatable bonds is 5. The first-order chi connectivity index (χ1) is 9.70. The van der Waals surface area contributed by atoms with Crippen LogP contribution >= 0.6 is 0 Å². The molecule has 1 saturated heterocycles. The Hall–Kier alpha value is -0.960. The van der Waals surface area contributed by atoms with Crippen molar-refractivity contribution in [2.24, 2.45) is 0 Å². The maximum Gasteiger partial charge on any atom is 0.240 e. The molecular weight excluding hydrogens is 312 g/mol. The summed E-state index contributed by atoms with van der Waals surface area (Å²) in [5.74, 6) is 0. The van der Waals surface area contributed by atoms with Crippen LogP contribution in [0.1, 0.15) is 18.4 Å². The van der Waals surface area contributed by atoms with Crippen molar-refractivity contribution in [3.8, 4) is 0 Å². The summed E-state index contributed by atoms with van der Waals surface area (Å²) in [5, 5.41) is 0. The number of hydrogen-bond donors (Lipinski definition) is 1. The molecule has 1 atom stereocenters. The van der Waals surface area contributed by atoms with Crippen molar-refractivity contribution in [1.29, 1.82) is 0 Å². The zero-order valence-corrected chi connectivity index (χ0v) is 13.7. The summed E-state index contributed by atoms with van der Waals surface area (Å²) in [6, 6.07) is 6.31. The van der Waals surface area contributed by atoms with E-state index in [0.29, 0.717) is 13.0 Å². The lowest BCUT2D eigenvalue weighted by Crippen LogP contribution is -2.42. The zero-order chi connectivity index (χ0) is 15.7. The molecule has 1 aliphatic heterocycles. The maximum atomic E-state index is 12.2. The lowest BCUT2D eigenvalue weighted by Gasteiger charge is -2.22. The largest absolute Gasteiger partial charge is 0.240 e. The Morgan fingerprint density at radius 1 is 1.29 bits per heavy atom. The van der Waals surface area contributed by atoms with Crippen LogP contribution in [-0.2, 0) is 20.0 Å². The van der Waals surface area contributed by atoms with Gasteiger partial charge < -0.3 is 0 Å². The normalized spacial score (nSPS) is 20.8. The van der Waals surface area contributed by atoms with Crippen LogP contribution in [0.2, 0.25) is 0 Å². The highest BCUT2D eigenvalue weighted by atomic mass is 32.2. The zero-order valence-electron chi connectivity index (χ0n) is 12.1. The van der Waals surface area contributed by atoms with E-state index in [9.17, 15) is 16.8 Å². The first-order valence-electron chi connectivity index (χ1n) is 6.73. The van der Waals surface area contributed by atoms with Gasteiger partial charge in [0.05, 0.1) is 11.2 Å². The van der Waals surface area contributed by atoms with Crippen LogP contribution in [0.5, 0.6) is 0 Å². The summed E-state index contributed by atoms with van der Waals surface area (Å²) in [7, 11) is -6.90. The van der Waals surface area contributed by atoms with E-state index in [1.807, 2.05) is 13.0 Å². The molecule has 0 spiro atoms. The number of benzene rings is 1. The minimum absolute atomic E-state index is 0.101. The average molecular weight is 332 g/mol. The van der Waals surface area contributed by atoms with Gasteiger partial charge in [-0.15, -0.1) is 0 Å². The lowest BCUT2D eigenvalue weighted by molar-refractivity contribution is 0.388. The number of hydrogen-bond acceptors (Lipinski definition) is 4. The van der Waals surface area contributed by atoms with Crippen LogP contribution in [0, 0.1) is 6.92 Å². The van der Waals surface area contributed by atoms with Gasteiger partial charge in [-0.25, -0.2) is 21.6 Å². The molecular formula is C13H20N2O4S2. The van der Waals surface area contributed by atoms with Crippen LogP contribution in [0.15, 0.2) is 29.2 Å². The Bertz CT molecular complexity index is 713. The SMILES string of the molecule is Cc1cccc(S(=O)(=O)NCC2CCCN2S(C)(=O)=O)c1. The fourth-order valence-electron chi connectivity index (χ4n) is 2.52. The van der Waals surface area contributed by atoms with E-state index in [1.54, 1.807) is 12.1 Å². The van der Waals surface area contributed by atoms with Crippen molar-refractivity contribution in [1.82, 2.24) is 9.03 Å². The quantitative estimate of drug-likeness (QED) is 0.860. The molecule has 1 fully saturated rings. The summed E-state index contributed by atoms with van der Waals surface area (Å²) in [5.41, 5.74) is 0.858. The molecule has 21 heavy (non-hydrogen) atoms. The Kier molecular flexibility index (Phi) is 4.72. The molecule has 8 heteroatoms. The molecule has 0 aliphatic carbocycles. The van der Waals surface area contributed by atoms with Gasteiger partial charge in [-0.3, -0.25) is 0 Å². The molecule has 118 valence electrons. The Labute approximate surface area is 126 Å². The van der Waals surface area contributed by atoms with Crippen LogP contribution in [0.3, 0.4) is 0 Å². The Balaban J connectivity index is 2.09. The third kappa shape index (κ3) is 4.03. The fraction of sp³-hybridized carbons (Fsp3) is 0.538. The first-order valence-corrected chi connectivity index (χ1v) is 10.1. The van der Waals surface area contributed by atoms with Crippen molar-refractivity contribution >= 4 is 20.0 Å². The molecule has 1 unspecified atom stereocenters. The molecule has 0 bridgehead atoms. The molecule has 0 saturated carbocycles. The third-order valence-corrected chi connectivity index (χ3v) is 6.31. The lowest BCUT2D eigenvalue weighted by atomic mass is 10.2. The first kappa shape index (κ1) is 16.4. The summed E-state index contributed by atoms with van der Waals surface area (Å²) in [6.45, 7) is 2.38. The predicted octanol–water partition coefficient (Wildman–Crippen LogP) is 0.697. The summed E-state index contributed by atoms with van der Waals surface area (Å²) in [6.07, 6.45) is 2.58. The summed E-state index contributed by atoms with van der Waals surface area (Å²) >= 11 is 0. The van der Waals surface area contributed by atoms with Crippen LogP contribution < -0.4 is 4.72 Å². The van der Waals surface area contributed by atoms with Crippen LogP contribution in [0.4, 0.5) is 0 Å². The van der Waals surface area contributed by atoms with Crippen LogP contribution in [-0.4, -0.2) is 46.5 Å². The minimum atomic E-state index is -3.61. The van der Waals surface area contributed by atoms with Gasteiger partial charge in [0.2, 0.25) is 20.0 Å². The number of sulfonamides is 2. The molecule has 1 heterocycles. The van der Waals surface area contributed by atoms with E-state index in [-0.39, 0.29) is 17.5 Å². The van der Waals surface area contributed by atoms with E-state index in [4.69, 9.17) is 0 Å². The second kappa shape index (κ2) is 6.04. The fourth-order valence-corrected chi connectivity index (χ4v) is 4.88. The molecule has 0 radical (unpaired) electrons. The minimum Gasteiger partial charge on any atom is -0.212 e. The smallest absolute Gasteiger partial charge is 0.212 e. The molecule has 2 rings (SSSR count). The van der Waals surface area contributed by atoms with Gasteiger partial charge in [-0.2, -0.15) is 4.31 Å². The highest BCUT2D eigenvalue weighted by Crippen LogP contribution is 2.20. The summed E-state index contributed by atoms with van der Waals surface area (Å²) < 4.78 is 51.6. The van der Waals surface area contributed by atoms with E-state index in [2.05, 4.69) is 4.72 Å². The van der Waals surface area contributed by atoms with Gasteiger partial charge in [0.15, 0.2) is 0 Å². The number of aryl methyl sites for hydroxylation is 1. The van der Waals surface area contributed by atoms with Gasteiger partial charge in [0.25, 0.3) is 0 Å². The molecule has 6 nitrogen and oxygen atoms in total. The maximum absolute atomic E-state index is 12.2. The standard InChI is InChI=1S/C13H20N2O4S2/c1-11-5-3-7-13(9-11)21(18,19)14-10-12-6-4-8-15(12)20(2,16)17/h3,5,7,9,12,14H,4,6,8,10H2,1-2H3. The molecule has 1 aliphatic rings. The van der Waals surface area contributed by atoms with Crippen molar-refractivity contribution in [2.75, 3.05) is 19.3 Å². The van der Waals surface area contributed by atoms with Crippen molar-refractivity contribution in [3.63, 3.8) is 0 Å². The highest BCUT2D eigenvalue weighted by Gasteiger charge is 2.32. The monoisotopic (exact) mass is 332 g/mol. The van der Waals surface area contributed by atoms with Crippen LogP contribution in [0.25, 0.3) is 0 Å². The van der Waals surface area contributed by atoms with Gasteiger partial charge >= 0.3 is 0 Å².